The van der Waals surface area contributed by atoms with Gasteiger partial charge in [-0.3, -0.25) is 14.4 Å². The predicted octanol–water partition coefficient (Wildman–Crippen LogP) is 1.16. The number of hydrogen-bond donors (Lipinski definition) is 4. The second kappa shape index (κ2) is 7.70. The second-order valence-electron chi connectivity index (χ2n) is 8.00. The standard InChI is InChI=1S/C23H23NO8/c1-10(25)23(30)8-12-16(14(9-23)32-7-6-24)22(29)18-17(20(12)27)19(26)11-4-3-5-13(31-2)15(11)21(18)28/h3-5,14,27,29-30H,6-9,24H2,1-2H3. The molecule has 0 heterocycles. The van der Waals surface area contributed by atoms with Crippen molar-refractivity contribution in [1.82, 2.24) is 0 Å². The number of phenolic OH excluding ortho intramolecular Hbond substituents is 2. The van der Waals surface area contributed by atoms with E-state index in [9.17, 15) is 29.7 Å². The van der Waals surface area contributed by atoms with Gasteiger partial charge in [-0.15, -0.1) is 0 Å². The van der Waals surface area contributed by atoms with Crippen molar-refractivity contribution in [3.8, 4) is 17.2 Å². The number of hydrogen-bond acceptors (Lipinski definition) is 9. The predicted molar refractivity (Wildman–Crippen MR) is 111 cm³/mol. The summed E-state index contributed by atoms with van der Waals surface area (Å²) >= 11 is 0. The fraction of sp³-hybridized carbons (Fsp3) is 0.348. The first-order chi connectivity index (χ1) is 15.2. The number of fused-ring (bicyclic) bond motifs is 3. The maximum absolute atomic E-state index is 13.4. The molecular formula is C23H23NO8. The zero-order chi connectivity index (χ0) is 23.4. The lowest BCUT2D eigenvalue weighted by molar-refractivity contribution is -0.141. The normalized spacial score (nSPS) is 21.6. The Morgan fingerprint density at radius 1 is 1.16 bits per heavy atom. The molecule has 0 fully saturated rings. The lowest BCUT2D eigenvalue weighted by Gasteiger charge is -2.38. The Hall–Kier alpha value is -3.27. The number of methoxy groups -OCH3 is 1. The van der Waals surface area contributed by atoms with Crippen molar-refractivity contribution in [3.05, 3.63) is 51.6 Å². The number of carbonyl (C=O) groups excluding carboxylic acids is 3. The van der Waals surface area contributed by atoms with E-state index in [0.29, 0.717) is 0 Å². The van der Waals surface area contributed by atoms with Crippen molar-refractivity contribution in [3.63, 3.8) is 0 Å². The molecule has 2 aromatic carbocycles. The fourth-order valence-corrected chi connectivity index (χ4v) is 4.54. The molecule has 168 valence electrons. The molecule has 2 aliphatic rings. The first kappa shape index (κ1) is 21.9. The quantitative estimate of drug-likeness (QED) is 0.427. The van der Waals surface area contributed by atoms with Crippen LogP contribution in [0.2, 0.25) is 0 Å². The Labute approximate surface area is 183 Å². The molecule has 9 nitrogen and oxygen atoms in total. The highest BCUT2D eigenvalue weighted by Gasteiger charge is 2.48. The van der Waals surface area contributed by atoms with Crippen LogP contribution in [-0.4, -0.2) is 58.5 Å². The molecule has 2 unspecified atom stereocenters. The molecular weight excluding hydrogens is 418 g/mol. The monoisotopic (exact) mass is 441 g/mol. The Bertz CT molecular complexity index is 1170. The summed E-state index contributed by atoms with van der Waals surface area (Å²) in [6, 6.07) is 4.48. The van der Waals surface area contributed by atoms with Gasteiger partial charge in [-0.1, -0.05) is 12.1 Å². The molecule has 32 heavy (non-hydrogen) atoms. The van der Waals surface area contributed by atoms with Gasteiger partial charge >= 0.3 is 0 Å². The van der Waals surface area contributed by atoms with Crippen LogP contribution in [0, 0.1) is 0 Å². The number of benzene rings is 2. The largest absolute Gasteiger partial charge is 0.507 e. The molecule has 0 amide bonds. The van der Waals surface area contributed by atoms with Gasteiger partial charge in [0.15, 0.2) is 11.6 Å². The molecule has 2 aliphatic carbocycles. The second-order valence-corrected chi connectivity index (χ2v) is 8.00. The minimum atomic E-state index is -1.88. The van der Waals surface area contributed by atoms with Crippen molar-refractivity contribution < 1.29 is 39.2 Å². The maximum Gasteiger partial charge on any atom is 0.202 e. The van der Waals surface area contributed by atoms with Gasteiger partial charge < -0.3 is 30.5 Å². The number of nitrogens with two attached hydrogens (primary N) is 1. The van der Waals surface area contributed by atoms with Gasteiger partial charge in [0.25, 0.3) is 0 Å². The van der Waals surface area contributed by atoms with E-state index in [2.05, 4.69) is 0 Å². The number of ether oxygens (including phenoxy) is 2. The van der Waals surface area contributed by atoms with E-state index in [0.717, 1.165) is 0 Å². The Balaban J connectivity index is 2.01. The molecule has 2 aromatic rings. The summed E-state index contributed by atoms with van der Waals surface area (Å²) < 4.78 is 10.9. The van der Waals surface area contributed by atoms with Crippen LogP contribution in [0.15, 0.2) is 18.2 Å². The average Bonchev–Trinajstić information content (AvgIpc) is 2.77. The summed E-state index contributed by atoms with van der Waals surface area (Å²) in [7, 11) is 1.35. The molecule has 0 aromatic heterocycles. The molecule has 0 radical (unpaired) electrons. The molecule has 0 spiro atoms. The van der Waals surface area contributed by atoms with Gasteiger partial charge in [0, 0.05) is 36.1 Å². The number of rotatable bonds is 5. The van der Waals surface area contributed by atoms with Crippen LogP contribution in [0.5, 0.6) is 17.2 Å². The van der Waals surface area contributed by atoms with Crippen LogP contribution < -0.4 is 10.5 Å². The van der Waals surface area contributed by atoms with Crippen molar-refractivity contribution >= 4 is 17.3 Å². The van der Waals surface area contributed by atoms with Gasteiger partial charge in [-0.05, 0) is 13.0 Å². The highest BCUT2D eigenvalue weighted by Crippen LogP contribution is 2.51. The van der Waals surface area contributed by atoms with Gasteiger partial charge in [0.2, 0.25) is 5.78 Å². The van der Waals surface area contributed by atoms with Crippen molar-refractivity contribution in [2.75, 3.05) is 20.3 Å². The van der Waals surface area contributed by atoms with Crippen LogP contribution in [0.4, 0.5) is 0 Å². The van der Waals surface area contributed by atoms with Gasteiger partial charge in [0.1, 0.15) is 22.8 Å². The summed E-state index contributed by atoms with van der Waals surface area (Å²) in [6.45, 7) is 1.38. The molecule has 5 N–H and O–H groups in total. The van der Waals surface area contributed by atoms with E-state index in [4.69, 9.17) is 15.2 Å². The van der Waals surface area contributed by atoms with Crippen LogP contribution in [0.1, 0.15) is 62.4 Å². The summed E-state index contributed by atoms with van der Waals surface area (Å²) in [5.41, 5.74) is 2.94. The summed E-state index contributed by atoms with van der Waals surface area (Å²) in [5, 5.41) is 33.1. The molecule has 2 atom stereocenters. The number of carbonyl (C=O) groups is 3. The topological polar surface area (TPSA) is 156 Å². The van der Waals surface area contributed by atoms with E-state index in [1.54, 1.807) is 0 Å². The van der Waals surface area contributed by atoms with Gasteiger partial charge in [-0.25, -0.2) is 0 Å². The average molecular weight is 441 g/mol. The van der Waals surface area contributed by atoms with Crippen LogP contribution in [0.25, 0.3) is 0 Å². The lowest BCUT2D eigenvalue weighted by Crippen LogP contribution is -2.45. The van der Waals surface area contributed by atoms with Crippen molar-refractivity contribution in [1.29, 1.82) is 0 Å². The minimum absolute atomic E-state index is 0.0142. The number of phenols is 2. The molecule has 0 bridgehead atoms. The van der Waals surface area contributed by atoms with E-state index in [1.165, 1.54) is 32.2 Å². The van der Waals surface area contributed by atoms with Crippen LogP contribution >= 0.6 is 0 Å². The summed E-state index contributed by atoms with van der Waals surface area (Å²) in [4.78, 5) is 38.8. The van der Waals surface area contributed by atoms with Crippen LogP contribution in [-0.2, 0) is 16.0 Å². The number of Topliss-reactive ketones (excluding diaryl/α,β-unsaturated/α-hetero) is 1. The number of aromatic hydroxyl groups is 2. The Kier molecular flexibility index (Phi) is 5.28. The van der Waals surface area contributed by atoms with Gasteiger partial charge in [0.05, 0.1) is 36.5 Å². The third kappa shape index (κ3) is 3.01. The fourth-order valence-electron chi connectivity index (χ4n) is 4.54. The third-order valence-corrected chi connectivity index (χ3v) is 6.17. The molecule has 0 saturated carbocycles. The maximum atomic E-state index is 13.4. The highest BCUT2D eigenvalue weighted by molar-refractivity contribution is 6.31. The molecule has 9 heteroatoms. The zero-order valence-corrected chi connectivity index (χ0v) is 17.6. The molecule has 0 aliphatic heterocycles. The lowest BCUT2D eigenvalue weighted by atomic mass is 9.72. The summed E-state index contributed by atoms with van der Waals surface area (Å²) in [6.07, 6.45) is -1.59. The Morgan fingerprint density at radius 3 is 2.47 bits per heavy atom. The summed E-state index contributed by atoms with van der Waals surface area (Å²) in [5.74, 6) is -2.87. The first-order valence-electron chi connectivity index (χ1n) is 10.1. The SMILES string of the molecule is COc1cccc2c1C(=O)c1c(O)c3c(c(O)c1C2=O)CC(O)(C(C)=O)CC3OCCN. The van der Waals surface area contributed by atoms with Crippen molar-refractivity contribution in [2.45, 2.75) is 31.5 Å². The first-order valence-corrected chi connectivity index (χ1v) is 10.1. The molecule has 0 saturated heterocycles. The smallest absolute Gasteiger partial charge is 0.202 e. The van der Waals surface area contributed by atoms with E-state index >= 15 is 0 Å². The minimum Gasteiger partial charge on any atom is -0.507 e. The zero-order valence-electron chi connectivity index (χ0n) is 17.6. The van der Waals surface area contributed by atoms with Gasteiger partial charge in [-0.2, -0.15) is 0 Å². The van der Waals surface area contributed by atoms with E-state index in [1.807, 2.05) is 0 Å². The molecule has 4 rings (SSSR count). The van der Waals surface area contributed by atoms with E-state index < -0.39 is 40.6 Å². The van der Waals surface area contributed by atoms with E-state index in [-0.39, 0.29) is 65.1 Å². The number of ketones is 3. The van der Waals surface area contributed by atoms with Crippen LogP contribution in [0.3, 0.4) is 0 Å². The van der Waals surface area contributed by atoms with Crippen molar-refractivity contribution in [2.24, 2.45) is 5.73 Å². The highest BCUT2D eigenvalue weighted by atomic mass is 16.5. The Morgan fingerprint density at radius 2 is 1.84 bits per heavy atom. The third-order valence-electron chi connectivity index (χ3n) is 6.17. The number of aliphatic hydroxyl groups is 1.